The first-order valence-corrected chi connectivity index (χ1v) is 9.19. The molecule has 0 amide bonds. The summed E-state index contributed by atoms with van der Waals surface area (Å²) in [5.74, 6) is 2.05. The maximum absolute atomic E-state index is 5.91. The number of aromatic nitrogens is 2. The number of halogens is 1. The van der Waals surface area contributed by atoms with Gasteiger partial charge in [-0.25, -0.2) is 4.98 Å². The fourth-order valence-corrected chi connectivity index (χ4v) is 3.33. The van der Waals surface area contributed by atoms with Gasteiger partial charge >= 0.3 is 0 Å². The van der Waals surface area contributed by atoms with E-state index in [1.54, 1.807) is 11.8 Å². The molecule has 24 heavy (non-hydrogen) atoms. The minimum atomic E-state index is 0. The summed E-state index contributed by atoms with van der Waals surface area (Å²) >= 11 is 1.74. The number of nitrogens with one attached hydrogen (secondary N) is 1. The monoisotopic (exact) mass is 368 g/mol. The molecule has 1 aromatic carbocycles. The van der Waals surface area contributed by atoms with Crippen LogP contribution in [-0.4, -0.2) is 53.5 Å². The van der Waals surface area contributed by atoms with Gasteiger partial charge in [0.05, 0.1) is 6.04 Å². The van der Waals surface area contributed by atoms with Gasteiger partial charge < -0.3 is 14.6 Å². The standard InChI is InChI=1S/C17H24N4OS.ClH/c1-20-9-8-19-17(20)16-13-18-7-10-21(16)11-12-22-14-3-5-15(23-2)6-4-14;/h3-6,8-9,16,18H,7,10-13H2,1-2H3;1H. The minimum absolute atomic E-state index is 0. The van der Waals surface area contributed by atoms with Gasteiger partial charge in [-0.05, 0) is 30.5 Å². The SMILES string of the molecule is CSc1ccc(OCCN2CCNCC2c2nccn2C)cc1.Cl. The van der Waals surface area contributed by atoms with Gasteiger partial charge in [0.1, 0.15) is 18.2 Å². The molecule has 1 unspecified atom stereocenters. The maximum atomic E-state index is 5.91. The van der Waals surface area contributed by atoms with Crippen molar-refractivity contribution in [1.29, 1.82) is 0 Å². The quantitative estimate of drug-likeness (QED) is 0.794. The van der Waals surface area contributed by atoms with Crippen LogP contribution in [0.25, 0.3) is 0 Å². The van der Waals surface area contributed by atoms with Crippen molar-refractivity contribution < 1.29 is 4.74 Å². The highest BCUT2D eigenvalue weighted by atomic mass is 35.5. The van der Waals surface area contributed by atoms with Crippen LogP contribution >= 0.6 is 24.2 Å². The Kier molecular flexibility index (Phi) is 7.42. The van der Waals surface area contributed by atoms with Gasteiger partial charge in [0.25, 0.3) is 0 Å². The van der Waals surface area contributed by atoms with Crippen molar-refractivity contribution in [2.45, 2.75) is 10.9 Å². The molecule has 2 aromatic rings. The molecule has 7 heteroatoms. The summed E-state index contributed by atoms with van der Waals surface area (Å²) in [5, 5.41) is 3.46. The Morgan fingerprint density at radius 3 is 2.79 bits per heavy atom. The molecule has 1 aliphatic heterocycles. The third-order valence-corrected chi connectivity index (χ3v) is 4.96. The van der Waals surface area contributed by atoms with Crippen LogP contribution in [0.1, 0.15) is 11.9 Å². The first kappa shape index (κ1) is 19.1. The molecule has 0 radical (unpaired) electrons. The van der Waals surface area contributed by atoms with Gasteiger partial charge in [-0.2, -0.15) is 0 Å². The minimum Gasteiger partial charge on any atom is -0.492 e. The molecule has 1 aliphatic rings. The van der Waals surface area contributed by atoms with E-state index in [2.05, 4.69) is 45.2 Å². The summed E-state index contributed by atoms with van der Waals surface area (Å²) < 4.78 is 8.01. The number of rotatable bonds is 6. The summed E-state index contributed by atoms with van der Waals surface area (Å²) in [5.41, 5.74) is 0. The van der Waals surface area contributed by atoms with Crippen LogP contribution in [-0.2, 0) is 7.05 Å². The molecule has 5 nitrogen and oxygen atoms in total. The molecule has 0 aliphatic carbocycles. The van der Waals surface area contributed by atoms with E-state index < -0.39 is 0 Å². The van der Waals surface area contributed by atoms with Gasteiger partial charge in [-0.1, -0.05) is 0 Å². The molecule has 1 fully saturated rings. The highest BCUT2D eigenvalue weighted by Gasteiger charge is 2.26. The second kappa shape index (κ2) is 9.32. The van der Waals surface area contributed by atoms with Crippen molar-refractivity contribution in [2.75, 3.05) is 39.0 Å². The largest absolute Gasteiger partial charge is 0.492 e. The van der Waals surface area contributed by atoms with E-state index in [4.69, 9.17) is 4.74 Å². The summed E-state index contributed by atoms with van der Waals surface area (Å²) in [6, 6.07) is 8.59. The topological polar surface area (TPSA) is 42.3 Å². The zero-order chi connectivity index (χ0) is 16.1. The zero-order valence-corrected chi connectivity index (χ0v) is 15.8. The van der Waals surface area contributed by atoms with E-state index in [0.29, 0.717) is 12.6 Å². The van der Waals surface area contributed by atoms with Crippen molar-refractivity contribution in [1.82, 2.24) is 19.8 Å². The second-order valence-electron chi connectivity index (χ2n) is 5.68. The van der Waals surface area contributed by atoms with Gasteiger partial charge in [-0.15, -0.1) is 24.2 Å². The number of piperazine rings is 1. The molecule has 1 aromatic heterocycles. The number of aryl methyl sites for hydroxylation is 1. The number of benzene rings is 1. The van der Waals surface area contributed by atoms with Crippen LogP contribution in [0.5, 0.6) is 5.75 Å². The van der Waals surface area contributed by atoms with Gasteiger partial charge in [0.2, 0.25) is 0 Å². The Bertz CT molecular complexity index is 619. The number of imidazole rings is 1. The maximum Gasteiger partial charge on any atom is 0.127 e. The molecule has 1 atom stereocenters. The first-order valence-electron chi connectivity index (χ1n) is 7.97. The lowest BCUT2D eigenvalue weighted by molar-refractivity contribution is 0.127. The molecular formula is C17H25ClN4OS. The molecule has 2 heterocycles. The van der Waals surface area contributed by atoms with Crippen LogP contribution in [0.4, 0.5) is 0 Å². The number of nitrogens with zero attached hydrogens (tertiary/aromatic N) is 3. The predicted octanol–water partition coefficient (Wildman–Crippen LogP) is 2.59. The molecule has 1 N–H and O–H groups in total. The number of hydrogen-bond acceptors (Lipinski definition) is 5. The first-order chi connectivity index (χ1) is 11.3. The highest BCUT2D eigenvalue weighted by molar-refractivity contribution is 7.98. The van der Waals surface area contributed by atoms with Crippen LogP contribution in [0, 0.1) is 0 Å². The summed E-state index contributed by atoms with van der Waals surface area (Å²) in [6.45, 7) is 4.58. The van der Waals surface area contributed by atoms with Crippen molar-refractivity contribution in [3.63, 3.8) is 0 Å². The van der Waals surface area contributed by atoms with E-state index >= 15 is 0 Å². The zero-order valence-electron chi connectivity index (χ0n) is 14.1. The van der Waals surface area contributed by atoms with E-state index in [9.17, 15) is 0 Å². The highest BCUT2D eigenvalue weighted by Crippen LogP contribution is 2.21. The van der Waals surface area contributed by atoms with Gasteiger partial charge in [-0.3, -0.25) is 4.90 Å². The summed E-state index contributed by atoms with van der Waals surface area (Å²) in [6.07, 6.45) is 5.95. The van der Waals surface area contributed by atoms with Crippen molar-refractivity contribution >= 4 is 24.2 Å². The number of ether oxygens (including phenoxy) is 1. The van der Waals surface area contributed by atoms with E-state index in [1.165, 1.54) is 4.90 Å². The lowest BCUT2D eigenvalue weighted by Gasteiger charge is -2.35. The van der Waals surface area contributed by atoms with Crippen molar-refractivity contribution in [3.8, 4) is 5.75 Å². The third kappa shape index (κ3) is 4.66. The average Bonchev–Trinajstić information content (AvgIpc) is 3.02. The summed E-state index contributed by atoms with van der Waals surface area (Å²) in [4.78, 5) is 8.23. The Labute approximate surface area is 154 Å². The number of thioether (sulfide) groups is 1. The predicted molar refractivity (Wildman–Crippen MR) is 101 cm³/mol. The Morgan fingerprint density at radius 2 is 2.12 bits per heavy atom. The summed E-state index contributed by atoms with van der Waals surface area (Å²) in [7, 11) is 2.05. The van der Waals surface area contributed by atoms with Crippen molar-refractivity contribution in [2.24, 2.45) is 7.05 Å². The van der Waals surface area contributed by atoms with Gasteiger partial charge in [0.15, 0.2) is 0 Å². The third-order valence-electron chi connectivity index (χ3n) is 4.22. The molecular weight excluding hydrogens is 344 g/mol. The van der Waals surface area contributed by atoms with E-state index in [0.717, 1.165) is 37.8 Å². The normalized spacial score (nSPS) is 18.2. The van der Waals surface area contributed by atoms with Gasteiger partial charge in [0, 0.05) is 50.5 Å². The Balaban J connectivity index is 0.00000208. The average molecular weight is 369 g/mol. The van der Waals surface area contributed by atoms with E-state index in [1.807, 2.05) is 24.5 Å². The van der Waals surface area contributed by atoms with Crippen molar-refractivity contribution in [3.05, 3.63) is 42.5 Å². The molecule has 0 saturated carbocycles. The van der Waals surface area contributed by atoms with Crippen LogP contribution in [0.2, 0.25) is 0 Å². The van der Waals surface area contributed by atoms with E-state index in [-0.39, 0.29) is 12.4 Å². The molecule has 3 rings (SSSR count). The lowest BCUT2D eigenvalue weighted by atomic mass is 10.2. The van der Waals surface area contributed by atoms with Crippen LogP contribution < -0.4 is 10.1 Å². The molecule has 1 saturated heterocycles. The smallest absolute Gasteiger partial charge is 0.127 e. The fourth-order valence-electron chi connectivity index (χ4n) is 2.92. The second-order valence-corrected chi connectivity index (χ2v) is 6.56. The Morgan fingerprint density at radius 1 is 1.33 bits per heavy atom. The lowest BCUT2D eigenvalue weighted by Crippen LogP contribution is -2.48. The molecule has 0 bridgehead atoms. The molecule has 132 valence electrons. The number of hydrogen-bond donors (Lipinski definition) is 1. The fraction of sp³-hybridized carbons (Fsp3) is 0.471. The van der Waals surface area contributed by atoms with Crippen LogP contribution in [0.15, 0.2) is 41.6 Å². The molecule has 0 spiro atoms. The Hall–Kier alpha value is -1.21. The van der Waals surface area contributed by atoms with Crippen LogP contribution in [0.3, 0.4) is 0 Å².